The molecule has 8 heteroatoms. The zero-order chi connectivity index (χ0) is 15.4. The number of rotatable bonds is 6. The lowest BCUT2D eigenvalue weighted by Gasteiger charge is -2.11. The van der Waals surface area contributed by atoms with Gasteiger partial charge >= 0.3 is 0 Å². The van der Waals surface area contributed by atoms with E-state index in [0.717, 1.165) is 11.4 Å². The van der Waals surface area contributed by atoms with E-state index in [2.05, 4.69) is 34.3 Å². The Morgan fingerprint density at radius 1 is 1.48 bits per heavy atom. The second kappa shape index (κ2) is 6.29. The first-order chi connectivity index (χ1) is 9.99. The first-order valence-electron chi connectivity index (χ1n) is 6.71. The summed E-state index contributed by atoms with van der Waals surface area (Å²) < 4.78 is 1.98. The third kappa shape index (κ3) is 3.53. The Kier molecular flexibility index (Phi) is 4.46. The molecule has 2 rings (SSSR count). The molecule has 0 aromatic carbocycles. The van der Waals surface area contributed by atoms with Gasteiger partial charge in [0, 0.05) is 25.1 Å². The number of aromatic nitrogens is 4. The highest BCUT2D eigenvalue weighted by molar-refractivity contribution is 5.48. The molecular weight excluding hydrogens is 272 g/mol. The van der Waals surface area contributed by atoms with Crippen LogP contribution >= 0.6 is 0 Å². The fourth-order valence-corrected chi connectivity index (χ4v) is 2.02. The van der Waals surface area contributed by atoms with Crippen LogP contribution in [0.4, 0.5) is 11.5 Å². The van der Waals surface area contributed by atoms with Crippen LogP contribution in [0.5, 0.6) is 0 Å². The number of nitrogens with zero attached hydrogens (tertiary/aromatic N) is 5. The van der Waals surface area contributed by atoms with Crippen LogP contribution in [0.1, 0.15) is 31.2 Å². The summed E-state index contributed by atoms with van der Waals surface area (Å²) in [5, 5.41) is 21.8. The predicted molar refractivity (Wildman–Crippen MR) is 78.2 cm³/mol. The van der Waals surface area contributed by atoms with Crippen LogP contribution in [0.3, 0.4) is 0 Å². The summed E-state index contributed by atoms with van der Waals surface area (Å²) in [7, 11) is 0. The molecule has 0 amide bonds. The molecule has 8 nitrogen and oxygen atoms in total. The van der Waals surface area contributed by atoms with Gasteiger partial charge in [0.05, 0.1) is 4.92 Å². The maximum absolute atomic E-state index is 10.7. The molecule has 0 fully saturated rings. The summed E-state index contributed by atoms with van der Waals surface area (Å²) in [6.07, 6.45) is 2.96. The van der Waals surface area contributed by atoms with E-state index in [1.54, 1.807) is 13.3 Å². The molecule has 2 aromatic heterocycles. The number of aryl methyl sites for hydroxylation is 1. The van der Waals surface area contributed by atoms with Crippen molar-refractivity contribution in [1.82, 2.24) is 19.7 Å². The average Bonchev–Trinajstić information content (AvgIpc) is 2.89. The topological polar surface area (TPSA) is 98.8 Å². The van der Waals surface area contributed by atoms with Crippen molar-refractivity contribution >= 4 is 11.5 Å². The molecular formula is C13H18N6O2. The van der Waals surface area contributed by atoms with Crippen LogP contribution < -0.4 is 5.32 Å². The fourth-order valence-electron chi connectivity index (χ4n) is 2.02. The van der Waals surface area contributed by atoms with Gasteiger partial charge < -0.3 is 9.88 Å². The Morgan fingerprint density at radius 2 is 2.24 bits per heavy atom. The Hall–Kier alpha value is -2.51. The van der Waals surface area contributed by atoms with Crippen molar-refractivity contribution in [3.63, 3.8) is 0 Å². The zero-order valence-electron chi connectivity index (χ0n) is 12.3. The van der Waals surface area contributed by atoms with Gasteiger partial charge in [-0.15, -0.1) is 10.2 Å². The van der Waals surface area contributed by atoms with E-state index >= 15 is 0 Å². The lowest BCUT2D eigenvalue weighted by Crippen LogP contribution is -2.14. The summed E-state index contributed by atoms with van der Waals surface area (Å²) >= 11 is 0. The zero-order valence-corrected chi connectivity index (χ0v) is 12.3. The van der Waals surface area contributed by atoms with E-state index in [4.69, 9.17) is 0 Å². The van der Waals surface area contributed by atoms with Crippen LogP contribution in [-0.4, -0.2) is 31.2 Å². The van der Waals surface area contributed by atoms with E-state index in [1.165, 1.54) is 12.3 Å². The van der Waals surface area contributed by atoms with Crippen molar-refractivity contribution in [3.05, 3.63) is 40.1 Å². The highest BCUT2D eigenvalue weighted by Gasteiger charge is 2.10. The van der Waals surface area contributed by atoms with E-state index in [-0.39, 0.29) is 5.69 Å². The minimum Gasteiger partial charge on any atom is -0.368 e. The van der Waals surface area contributed by atoms with E-state index < -0.39 is 4.92 Å². The second-order valence-electron chi connectivity index (χ2n) is 5.08. The van der Waals surface area contributed by atoms with Gasteiger partial charge in [0.25, 0.3) is 5.69 Å². The molecule has 0 spiro atoms. The molecule has 0 aliphatic carbocycles. The third-order valence-corrected chi connectivity index (χ3v) is 3.08. The van der Waals surface area contributed by atoms with Gasteiger partial charge in [0.15, 0.2) is 0 Å². The lowest BCUT2D eigenvalue weighted by molar-refractivity contribution is -0.385. The highest BCUT2D eigenvalue weighted by Crippen LogP contribution is 2.17. The Bertz CT molecular complexity index is 637. The van der Waals surface area contributed by atoms with Gasteiger partial charge in [0.1, 0.15) is 24.2 Å². The standard InChI is InChI=1S/C13H18N6O2/c1-9(2)13-17-16-8-18(13)5-4-14-12-10(3)6-11(7-15-12)19(20)21/h6-9H,4-5H2,1-3H3,(H,14,15). The van der Waals surface area contributed by atoms with Crippen LogP contribution in [0.2, 0.25) is 0 Å². The normalized spacial score (nSPS) is 10.9. The van der Waals surface area contributed by atoms with Crippen LogP contribution in [0.25, 0.3) is 0 Å². The Balaban J connectivity index is 1.97. The van der Waals surface area contributed by atoms with E-state index in [0.29, 0.717) is 24.8 Å². The second-order valence-corrected chi connectivity index (χ2v) is 5.08. The van der Waals surface area contributed by atoms with Gasteiger partial charge in [-0.2, -0.15) is 0 Å². The first-order valence-corrected chi connectivity index (χ1v) is 6.71. The summed E-state index contributed by atoms with van der Waals surface area (Å²) in [6.45, 7) is 7.27. The van der Waals surface area contributed by atoms with Crippen molar-refractivity contribution in [2.24, 2.45) is 0 Å². The number of nitro groups is 1. The van der Waals surface area contributed by atoms with Crippen molar-refractivity contribution in [2.75, 3.05) is 11.9 Å². The molecule has 0 aliphatic rings. The number of anilines is 1. The molecule has 0 atom stereocenters. The Morgan fingerprint density at radius 3 is 2.86 bits per heavy atom. The monoisotopic (exact) mass is 290 g/mol. The quantitative estimate of drug-likeness (QED) is 0.646. The third-order valence-electron chi connectivity index (χ3n) is 3.08. The summed E-state index contributed by atoms with van der Waals surface area (Å²) in [4.78, 5) is 14.3. The van der Waals surface area contributed by atoms with Gasteiger partial charge in [-0.3, -0.25) is 10.1 Å². The van der Waals surface area contributed by atoms with E-state index in [9.17, 15) is 10.1 Å². The average molecular weight is 290 g/mol. The van der Waals surface area contributed by atoms with Gasteiger partial charge in [-0.25, -0.2) is 4.98 Å². The van der Waals surface area contributed by atoms with Crippen molar-refractivity contribution in [3.8, 4) is 0 Å². The van der Waals surface area contributed by atoms with Gasteiger partial charge in [0.2, 0.25) is 0 Å². The maximum atomic E-state index is 10.7. The predicted octanol–water partition coefficient (Wildman–Crippen LogP) is 2.13. The van der Waals surface area contributed by atoms with Crippen LogP contribution in [0.15, 0.2) is 18.6 Å². The maximum Gasteiger partial charge on any atom is 0.287 e. The Labute approximate surface area is 122 Å². The molecule has 1 N–H and O–H groups in total. The van der Waals surface area contributed by atoms with Crippen molar-refractivity contribution in [1.29, 1.82) is 0 Å². The van der Waals surface area contributed by atoms with Gasteiger partial charge in [-0.1, -0.05) is 13.8 Å². The summed E-state index contributed by atoms with van der Waals surface area (Å²) in [6, 6.07) is 1.51. The fraction of sp³-hybridized carbons (Fsp3) is 0.462. The molecule has 112 valence electrons. The van der Waals surface area contributed by atoms with Crippen LogP contribution in [-0.2, 0) is 6.54 Å². The largest absolute Gasteiger partial charge is 0.368 e. The molecule has 0 radical (unpaired) electrons. The van der Waals surface area contributed by atoms with Crippen LogP contribution in [0, 0.1) is 17.0 Å². The molecule has 2 heterocycles. The van der Waals surface area contributed by atoms with Crippen molar-refractivity contribution < 1.29 is 4.92 Å². The SMILES string of the molecule is Cc1cc([N+](=O)[O-])cnc1NCCn1cnnc1C(C)C. The lowest BCUT2D eigenvalue weighted by atomic mass is 10.2. The first kappa shape index (κ1) is 14.9. The number of hydrogen-bond acceptors (Lipinski definition) is 6. The molecule has 2 aromatic rings. The van der Waals surface area contributed by atoms with Gasteiger partial charge in [-0.05, 0) is 12.5 Å². The highest BCUT2D eigenvalue weighted by atomic mass is 16.6. The molecule has 0 saturated heterocycles. The summed E-state index contributed by atoms with van der Waals surface area (Å²) in [5.74, 6) is 1.90. The minimum absolute atomic E-state index is 0.000969. The van der Waals surface area contributed by atoms with E-state index in [1.807, 2.05) is 4.57 Å². The van der Waals surface area contributed by atoms with Crippen molar-refractivity contribution in [2.45, 2.75) is 33.2 Å². The summed E-state index contributed by atoms with van der Waals surface area (Å²) in [5.41, 5.74) is 0.746. The number of nitrogens with one attached hydrogen (secondary N) is 1. The molecule has 21 heavy (non-hydrogen) atoms. The number of hydrogen-bond donors (Lipinski definition) is 1. The number of pyridine rings is 1. The molecule has 0 aliphatic heterocycles. The smallest absolute Gasteiger partial charge is 0.287 e. The minimum atomic E-state index is -0.449. The molecule has 0 saturated carbocycles. The molecule has 0 bridgehead atoms. The molecule has 0 unspecified atom stereocenters.